The van der Waals surface area contributed by atoms with E-state index in [0.29, 0.717) is 24.5 Å². The highest BCUT2D eigenvalue weighted by atomic mass is 16.5. The van der Waals surface area contributed by atoms with Gasteiger partial charge in [0.2, 0.25) is 0 Å². The number of carbonyl (C=O) groups is 1. The van der Waals surface area contributed by atoms with Crippen molar-refractivity contribution in [3.63, 3.8) is 0 Å². The number of hydrogen-bond donors (Lipinski definition) is 1. The van der Waals surface area contributed by atoms with Crippen LogP contribution >= 0.6 is 0 Å². The highest BCUT2D eigenvalue weighted by Gasteiger charge is 2.31. The maximum atomic E-state index is 11.6. The molecule has 1 unspecified atom stereocenters. The van der Waals surface area contributed by atoms with Gasteiger partial charge in [-0.05, 0) is 39.8 Å². The third kappa shape index (κ3) is 4.86. The maximum absolute atomic E-state index is 11.6. The molecule has 0 aromatic carbocycles. The van der Waals surface area contributed by atoms with E-state index >= 15 is 0 Å². The van der Waals surface area contributed by atoms with Crippen LogP contribution in [0.1, 0.15) is 44.9 Å². The molecule has 1 aliphatic rings. The highest BCUT2D eigenvalue weighted by molar-refractivity contribution is 5.66. The van der Waals surface area contributed by atoms with Gasteiger partial charge in [-0.25, -0.2) is 19.4 Å². The van der Waals surface area contributed by atoms with Crippen molar-refractivity contribution in [3.05, 3.63) is 35.5 Å². The zero-order valence-corrected chi connectivity index (χ0v) is 17.7. The lowest BCUT2D eigenvalue weighted by atomic mass is 10.0. The number of aromatic nitrogens is 4. The molecular weight excluding hydrogens is 386 g/mol. The SMILES string of the molecule is CC(COCc1nc2n(n1)CCN(c1ccc(C#N)cn1)C2)N(C(=O)O)C(C)(C)C. The van der Waals surface area contributed by atoms with Gasteiger partial charge in [0.05, 0.1) is 31.3 Å². The number of amides is 1. The van der Waals surface area contributed by atoms with Crippen molar-refractivity contribution >= 4 is 11.9 Å². The molecule has 1 N–H and O–H groups in total. The largest absolute Gasteiger partial charge is 0.465 e. The second-order valence-corrected chi connectivity index (χ2v) is 8.29. The molecular formula is C20H27N7O3. The third-order valence-electron chi connectivity index (χ3n) is 4.87. The number of fused-ring (bicyclic) bond motifs is 1. The number of nitriles is 1. The van der Waals surface area contributed by atoms with E-state index in [0.717, 1.165) is 18.2 Å². The summed E-state index contributed by atoms with van der Waals surface area (Å²) in [6.07, 6.45) is 0.596. The highest BCUT2D eigenvalue weighted by Crippen LogP contribution is 2.19. The number of hydrogen-bond acceptors (Lipinski definition) is 7. The molecule has 0 bridgehead atoms. The lowest BCUT2D eigenvalue weighted by Crippen LogP contribution is -2.51. The number of nitrogens with zero attached hydrogens (tertiary/aromatic N) is 7. The van der Waals surface area contributed by atoms with Crippen molar-refractivity contribution in [2.75, 3.05) is 18.1 Å². The van der Waals surface area contributed by atoms with E-state index in [-0.39, 0.29) is 19.3 Å². The minimum Gasteiger partial charge on any atom is -0.465 e. The van der Waals surface area contributed by atoms with Crippen LogP contribution in [0.25, 0.3) is 0 Å². The standard InChI is InChI=1S/C20H27N7O3/c1-14(27(19(28)29)20(2,3)4)12-30-13-16-23-18-11-25(7-8-26(18)24-16)17-6-5-15(9-21)10-22-17/h5-6,10,14H,7-8,11-13H2,1-4H3,(H,28,29). The van der Waals surface area contributed by atoms with Crippen molar-refractivity contribution in [1.29, 1.82) is 5.26 Å². The molecule has 0 aliphatic carbocycles. The lowest BCUT2D eigenvalue weighted by Gasteiger charge is -2.37. The van der Waals surface area contributed by atoms with Crippen LogP contribution in [0.4, 0.5) is 10.6 Å². The monoisotopic (exact) mass is 413 g/mol. The van der Waals surface area contributed by atoms with Gasteiger partial charge in [-0.2, -0.15) is 10.4 Å². The molecule has 2 aromatic heterocycles. The first-order valence-corrected chi connectivity index (χ1v) is 9.82. The molecule has 1 amide bonds. The van der Waals surface area contributed by atoms with Crippen LogP contribution in [0.3, 0.4) is 0 Å². The Labute approximate surface area is 175 Å². The van der Waals surface area contributed by atoms with Crippen molar-refractivity contribution < 1.29 is 14.6 Å². The summed E-state index contributed by atoms with van der Waals surface area (Å²) in [6, 6.07) is 5.36. The first-order chi connectivity index (χ1) is 14.2. The first-order valence-electron chi connectivity index (χ1n) is 9.82. The van der Waals surface area contributed by atoms with Crippen molar-refractivity contribution in [2.45, 2.75) is 59.0 Å². The predicted molar refractivity (Wildman–Crippen MR) is 109 cm³/mol. The summed E-state index contributed by atoms with van der Waals surface area (Å²) in [6.45, 7) is 9.87. The van der Waals surface area contributed by atoms with Gasteiger partial charge in [-0.1, -0.05) is 0 Å². The van der Waals surface area contributed by atoms with Crippen LogP contribution < -0.4 is 4.90 Å². The van der Waals surface area contributed by atoms with Gasteiger partial charge in [0, 0.05) is 18.3 Å². The van der Waals surface area contributed by atoms with Crippen LogP contribution in [-0.4, -0.2) is 60.6 Å². The fourth-order valence-corrected chi connectivity index (χ4v) is 3.62. The van der Waals surface area contributed by atoms with Crippen molar-refractivity contribution in [3.8, 4) is 6.07 Å². The lowest BCUT2D eigenvalue weighted by molar-refractivity contribution is 0.0201. The molecule has 0 spiro atoms. The molecule has 3 heterocycles. The molecule has 10 nitrogen and oxygen atoms in total. The molecule has 0 saturated carbocycles. The average Bonchev–Trinajstić information content (AvgIpc) is 3.08. The molecule has 1 aliphatic heterocycles. The maximum Gasteiger partial charge on any atom is 0.408 e. The molecule has 160 valence electrons. The van der Waals surface area contributed by atoms with E-state index in [9.17, 15) is 9.90 Å². The van der Waals surface area contributed by atoms with Crippen molar-refractivity contribution in [1.82, 2.24) is 24.6 Å². The fourth-order valence-electron chi connectivity index (χ4n) is 3.62. The molecule has 0 radical (unpaired) electrons. The molecule has 3 rings (SSSR count). The molecule has 1 atom stereocenters. The van der Waals surface area contributed by atoms with Gasteiger partial charge in [0.25, 0.3) is 0 Å². The molecule has 0 fully saturated rings. The molecule has 30 heavy (non-hydrogen) atoms. The number of carboxylic acid groups (broad SMARTS) is 1. The Morgan fingerprint density at radius 3 is 2.77 bits per heavy atom. The Morgan fingerprint density at radius 1 is 1.40 bits per heavy atom. The topological polar surface area (TPSA) is 120 Å². The quantitative estimate of drug-likeness (QED) is 0.765. The Kier molecular flexibility index (Phi) is 6.22. The third-order valence-corrected chi connectivity index (χ3v) is 4.87. The van der Waals surface area contributed by atoms with Crippen LogP contribution in [-0.2, 0) is 24.4 Å². The van der Waals surface area contributed by atoms with E-state index in [1.807, 2.05) is 38.4 Å². The summed E-state index contributed by atoms with van der Waals surface area (Å²) >= 11 is 0. The summed E-state index contributed by atoms with van der Waals surface area (Å²) in [7, 11) is 0. The van der Waals surface area contributed by atoms with E-state index in [4.69, 9.17) is 10.00 Å². The summed E-state index contributed by atoms with van der Waals surface area (Å²) in [5, 5.41) is 22.9. The van der Waals surface area contributed by atoms with Gasteiger partial charge in [0.1, 0.15) is 24.3 Å². The van der Waals surface area contributed by atoms with Crippen LogP contribution in [0.15, 0.2) is 18.3 Å². The van der Waals surface area contributed by atoms with Gasteiger partial charge in [-0.3, -0.25) is 4.90 Å². The molecule has 0 saturated heterocycles. The van der Waals surface area contributed by atoms with E-state index in [1.54, 1.807) is 12.3 Å². The number of pyridine rings is 1. The summed E-state index contributed by atoms with van der Waals surface area (Å²) in [5.41, 5.74) is 0.0176. The summed E-state index contributed by atoms with van der Waals surface area (Å²) in [5.74, 6) is 2.19. The normalized spacial score (nSPS) is 14.7. The molecule has 2 aromatic rings. The second-order valence-electron chi connectivity index (χ2n) is 8.29. The summed E-state index contributed by atoms with van der Waals surface area (Å²) < 4.78 is 7.58. The van der Waals surface area contributed by atoms with Crippen LogP contribution in [0, 0.1) is 11.3 Å². The number of anilines is 1. The zero-order chi connectivity index (χ0) is 21.9. The van der Waals surface area contributed by atoms with E-state index < -0.39 is 11.6 Å². The van der Waals surface area contributed by atoms with Gasteiger partial charge in [0.15, 0.2) is 5.82 Å². The van der Waals surface area contributed by atoms with E-state index in [1.165, 1.54) is 4.90 Å². The Bertz CT molecular complexity index is 927. The molecule has 10 heteroatoms. The minimum atomic E-state index is -0.967. The van der Waals surface area contributed by atoms with E-state index in [2.05, 4.69) is 26.0 Å². The average molecular weight is 413 g/mol. The van der Waals surface area contributed by atoms with Gasteiger partial charge >= 0.3 is 6.09 Å². The van der Waals surface area contributed by atoms with Crippen LogP contribution in [0.2, 0.25) is 0 Å². The zero-order valence-electron chi connectivity index (χ0n) is 17.7. The minimum absolute atomic E-state index is 0.219. The Balaban J connectivity index is 1.57. The Morgan fingerprint density at radius 2 is 2.17 bits per heavy atom. The van der Waals surface area contributed by atoms with Gasteiger partial charge in [-0.15, -0.1) is 0 Å². The fraction of sp³-hybridized carbons (Fsp3) is 0.550. The second kappa shape index (κ2) is 8.67. The predicted octanol–water partition coefficient (Wildman–Crippen LogP) is 2.25. The van der Waals surface area contributed by atoms with Crippen LogP contribution in [0.5, 0.6) is 0 Å². The van der Waals surface area contributed by atoms with Crippen molar-refractivity contribution in [2.24, 2.45) is 0 Å². The number of ether oxygens (including phenoxy) is 1. The smallest absolute Gasteiger partial charge is 0.408 e. The first kappa shape index (κ1) is 21.5. The Hall–Kier alpha value is -3.19. The van der Waals surface area contributed by atoms with Gasteiger partial charge < -0.3 is 14.7 Å². The summed E-state index contributed by atoms with van der Waals surface area (Å²) in [4.78, 5) is 23.9. The number of rotatable bonds is 6.